The Labute approximate surface area is 460 Å². The number of nitrogens with zero attached hydrogens (tertiary/aromatic N) is 7. The number of fused-ring (bicyclic) bond motifs is 14. The van der Waals surface area contributed by atoms with Gasteiger partial charge in [-0.25, -0.2) is 34.9 Å². The summed E-state index contributed by atoms with van der Waals surface area (Å²) in [4.78, 5) is 103. The molecule has 392 valence electrons. The van der Waals surface area contributed by atoms with Gasteiger partial charge in [0.15, 0.2) is 5.78 Å². The second kappa shape index (κ2) is 23.6. The van der Waals surface area contributed by atoms with Crippen LogP contribution in [0.1, 0.15) is 115 Å². The number of carbonyl (C=O) groups is 5. The van der Waals surface area contributed by atoms with E-state index in [2.05, 4.69) is 38.1 Å². The second-order valence-electron chi connectivity index (χ2n) is 17.8. The number of aliphatic hydroxyl groups is 1. The third-order valence-corrected chi connectivity index (χ3v) is 17.8. The molecule has 0 radical (unpaired) electrons. The van der Waals surface area contributed by atoms with Crippen molar-refractivity contribution in [3.63, 3.8) is 0 Å². The molecule has 9 rings (SSSR count). The minimum Gasteiger partial charge on any atom is -0.386 e. The molecule has 1 aliphatic rings. The van der Waals surface area contributed by atoms with E-state index in [4.69, 9.17) is 34.6 Å². The second-order valence-corrected chi connectivity index (χ2v) is 23.6. The summed E-state index contributed by atoms with van der Waals surface area (Å²) in [6, 6.07) is 10.7. The van der Waals surface area contributed by atoms with Gasteiger partial charge in [-0.05, 0) is 30.5 Å². The van der Waals surface area contributed by atoms with E-state index in [1.165, 1.54) is 82.0 Å². The normalized spacial score (nSPS) is 16.9. The Kier molecular flexibility index (Phi) is 16.8. The SMILES string of the molecule is C=C1NCC(=O)N[C@@H]([C@@H](O)c2ccccc2)c2nc(cs2)-c2nc(cs2)-c2nc(-c3nc(NC(C)=O)cs3)ccc2-c2nc(cs2)C(=O)N[C@@H](CC(=O)NC)c2nc(c(C)s2)C(=O)C[C@H](C(C)C)c2nc1c(COC)s2. The van der Waals surface area contributed by atoms with E-state index < -0.39 is 30.0 Å². The molecule has 0 aliphatic carbocycles. The molecule has 4 atom stereocenters. The van der Waals surface area contributed by atoms with E-state index in [-0.39, 0.29) is 66.8 Å². The Balaban J connectivity index is 1.13. The number of Topliss-reactive ketones (excluding diaryl/α,β-unsaturated/α-hetero) is 1. The zero-order valence-electron chi connectivity index (χ0n) is 41.7. The highest BCUT2D eigenvalue weighted by molar-refractivity contribution is 7.15. The van der Waals surface area contributed by atoms with Crippen LogP contribution in [0.5, 0.6) is 0 Å². The molecule has 76 heavy (non-hydrogen) atoms. The highest BCUT2D eigenvalue weighted by Crippen LogP contribution is 2.41. The van der Waals surface area contributed by atoms with E-state index in [1.54, 1.807) is 55.1 Å². The minimum atomic E-state index is -1.19. The van der Waals surface area contributed by atoms with Crippen LogP contribution in [0.15, 0.2) is 70.6 Å². The standard InChI is InChI=1S/C51H50N12O7S6/c1-23(2)29-15-35(65)41-25(4)75-50(63-41)31(16-38(66)52-6)56-45(69)33-20-71-46(58-33)28-13-14-30(48-60-37(22-74-48)54-26(5)64)55-42(28)32-19-72-49(57-32)34-21-73-51(59-34)43(44(68)27-11-9-8-10-12-27)61-39(67)17-53-24(3)40-36(18-70-7)76-47(29)62-40/h8-14,19-23,29,31,43-44,53,68H,3,15-18H2,1-2,4-7H3,(H,52,66)(H,54,64)(H,56,69)(H,61,67)/t29-,31+,43+,44+/m1/s1. The van der Waals surface area contributed by atoms with Crippen LogP contribution in [-0.4, -0.2) is 90.1 Å². The fourth-order valence-corrected chi connectivity index (χ4v) is 13.8. The van der Waals surface area contributed by atoms with Gasteiger partial charge in [-0.2, -0.15) is 0 Å². The molecule has 8 heterocycles. The lowest BCUT2D eigenvalue weighted by atomic mass is 9.90. The van der Waals surface area contributed by atoms with Gasteiger partial charge in [0.25, 0.3) is 5.91 Å². The molecule has 19 nitrogen and oxygen atoms in total. The Bertz CT molecular complexity index is 3470. The van der Waals surface area contributed by atoms with Crippen LogP contribution in [0, 0.1) is 12.8 Å². The van der Waals surface area contributed by atoms with Crippen molar-refractivity contribution < 1.29 is 33.8 Å². The zero-order valence-corrected chi connectivity index (χ0v) is 46.6. The summed E-state index contributed by atoms with van der Waals surface area (Å²) in [5, 5.41) is 36.3. The number of methoxy groups -OCH3 is 1. The van der Waals surface area contributed by atoms with E-state index >= 15 is 0 Å². The summed E-state index contributed by atoms with van der Waals surface area (Å²) in [6.07, 6.45) is -1.29. The smallest absolute Gasteiger partial charge is 0.271 e. The van der Waals surface area contributed by atoms with Crippen molar-refractivity contribution in [3.8, 4) is 43.4 Å². The number of benzene rings is 1. The molecule has 1 aliphatic heterocycles. The molecule has 8 aromatic rings. The number of rotatable bonds is 9. The lowest BCUT2D eigenvalue weighted by Crippen LogP contribution is -2.38. The molecule has 0 unspecified atom stereocenters. The van der Waals surface area contributed by atoms with Gasteiger partial charge in [0, 0.05) is 65.4 Å². The summed E-state index contributed by atoms with van der Waals surface area (Å²) in [6.45, 7) is 11.4. The molecule has 7 aromatic heterocycles. The Hall–Kier alpha value is -6.84. The number of nitrogens with one attached hydrogen (secondary N) is 5. The number of hydrogen-bond acceptors (Lipinski definition) is 21. The van der Waals surface area contributed by atoms with Crippen LogP contribution < -0.4 is 26.6 Å². The van der Waals surface area contributed by atoms with Crippen LogP contribution in [0.4, 0.5) is 5.82 Å². The molecular formula is C51H50N12O7S6. The maximum absolute atomic E-state index is 14.3. The van der Waals surface area contributed by atoms with E-state index in [0.29, 0.717) is 86.0 Å². The summed E-state index contributed by atoms with van der Waals surface area (Å²) >= 11 is 7.70. The third kappa shape index (κ3) is 12.1. The molecule has 0 saturated heterocycles. The van der Waals surface area contributed by atoms with E-state index in [1.807, 2.05) is 36.7 Å². The number of pyridine rings is 1. The average molecular weight is 1140 g/mol. The van der Waals surface area contributed by atoms with Gasteiger partial charge in [-0.3, -0.25) is 24.0 Å². The van der Waals surface area contributed by atoms with Crippen LogP contribution in [0.3, 0.4) is 0 Å². The van der Waals surface area contributed by atoms with Gasteiger partial charge < -0.3 is 36.4 Å². The average Bonchev–Trinajstić information content (AvgIpc) is 4.28. The van der Waals surface area contributed by atoms with E-state index in [0.717, 1.165) is 4.88 Å². The quantitative estimate of drug-likeness (QED) is 0.0787. The summed E-state index contributed by atoms with van der Waals surface area (Å²) in [7, 11) is 3.07. The van der Waals surface area contributed by atoms with Crippen LogP contribution in [0.25, 0.3) is 49.1 Å². The Morgan fingerprint density at radius 3 is 2.25 bits per heavy atom. The van der Waals surface area contributed by atoms with Gasteiger partial charge in [-0.1, -0.05) is 50.8 Å². The lowest BCUT2D eigenvalue weighted by Gasteiger charge is -2.23. The fraction of sp³-hybridized carbons (Fsp3) is 0.294. The van der Waals surface area contributed by atoms with Crippen molar-refractivity contribution in [2.45, 2.75) is 71.2 Å². The number of ketones is 1. The number of amides is 4. The van der Waals surface area contributed by atoms with Gasteiger partial charge in [-0.15, -0.1) is 68.0 Å². The molecule has 10 bridgehead atoms. The maximum Gasteiger partial charge on any atom is 0.271 e. The predicted molar refractivity (Wildman–Crippen MR) is 297 cm³/mol. The van der Waals surface area contributed by atoms with Crippen LogP contribution in [-0.2, 0) is 25.7 Å². The molecule has 0 saturated carbocycles. The number of aliphatic hydroxyl groups excluding tert-OH is 1. The molecule has 0 fully saturated rings. The largest absolute Gasteiger partial charge is 0.386 e. The molecule has 6 N–H and O–H groups in total. The maximum atomic E-state index is 14.3. The van der Waals surface area contributed by atoms with Crippen molar-refractivity contribution in [3.05, 3.63) is 118 Å². The van der Waals surface area contributed by atoms with Gasteiger partial charge in [0.05, 0.1) is 46.9 Å². The van der Waals surface area contributed by atoms with Crippen molar-refractivity contribution >= 4 is 109 Å². The first-order chi connectivity index (χ1) is 36.6. The Morgan fingerprint density at radius 2 is 1.50 bits per heavy atom. The summed E-state index contributed by atoms with van der Waals surface area (Å²) in [5.41, 5.74) is 4.16. The van der Waals surface area contributed by atoms with E-state index in [9.17, 15) is 29.1 Å². The van der Waals surface area contributed by atoms with Gasteiger partial charge >= 0.3 is 0 Å². The number of carbonyl (C=O) groups excluding carboxylic acids is 5. The number of ether oxygens (including phenoxy) is 1. The summed E-state index contributed by atoms with van der Waals surface area (Å²) in [5.74, 6) is -1.88. The van der Waals surface area contributed by atoms with Gasteiger partial charge in [0.2, 0.25) is 17.7 Å². The third-order valence-electron chi connectivity index (χ3n) is 12.0. The number of anilines is 1. The van der Waals surface area contributed by atoms with Crippen molar-refractivity contribution in [2.75, 3.05) is 26.0 Å². The monoisotopic (exact) mass is 1130 g/mol. The van der Waals surface area contributed by atoms with Crippen LogP contribution in [0.2, 0.25) is 0 Å². The highest BCUT2D eigenvalue weighted by Gasteiger charge is 2.32. The lowest BCUT2D eigenvalue weighted by molar-refractivity contribution is -0.122. The first kappa shape index (κ1) is 54.0. The highest BCUT2D eigenvalue weighted by atomic mass is 32.1. The van der Waals surface area contributed by atoms with Crippen molar-refractivity contribution in [1.82, 2.24) is 56.2 Å². The number of thiazole rings is 6. The zero-order chi connectivity index (χ0) is 53.8. The molecule has 0 spiro atoms. The number of aromatic nitrogens is 7. The molecule has 25 heteroatoms. The first-order valence-electron chi connectivity index (χ1n) is 23.6. The van der Waals surface area contributed by atoms with Crippen molar-refractivity contribution in [2.24, 2.45) is 5.92 Å². The first-order valence-corrected chi connectivity index (χ1v) is 28.8. The fourth-order valence-electron chi connectivity index (χ4n) is 8.16. The van der Waals surface area contributed by atoms with Gasteiger partial charge in [0.1, 0.15) is 77.2 Å². The Morgan fingerprint density at radius 1 is 0.789 bits per heavy atom. The molecule has 1 aromatic carbocycles. The topological polar surface area (TPSA) is 265 Å². The number of aryl methyl sites for hydroxylation is 1. The predicted octanol–water partition coefficient (Wildman–Crippen LogP) is 8.99. The summed E-state index contributed by atoms with van der Waals surface area (Å²) < 4.78 is 5.57. The molecule has 4 amide bonds. The van der Waals surface area contributed by atoms with Crippen molar-refractivity contribution in [1.29, 1.82) is 0 Å². The minimum absolute atomic E-state index is 0.0410. The number of hydrogen-bond donors (Lipinski definition) is 6. The van der Waals surface area contributed by atoms with Crippen LogP contribution >= 0.6 is 68.0 Å². The molecular weight excluding hydrogens is 1090 g/mol.